The molecule has 7 heteroatoms. The van der Waals surface area contributed by atoms with Crippen molar-refractivity contribution in [2.45, 2.75) is 37.8 Å². The van der Waals surface area contributed by atoms with Crippen molar-refractivity contribution in [2.75, 3.05) is 25.6 Å². The molecule has 2 aliphatic rings. The van der Waals surface area contributed by atoms with Crippen LogP contribution in [0.25, 0.3) is 0 Å². The van der Waals surface area contributed by atoms with E-state index in [-0.39, 0.29) is 18.3 Å². The average Bonchev–Trinajstić information content (AvgIpc) is 2.58. The van der Waals surface area contributed by atoms with Gasteiger partial charge in [-0.2, -0.15) is 0 Å². The number of methoxy groups -OCH3 is 1. The van der Waals surface area contributed by atoms with E-state index in [4.69, 9.17) is 21.1 Å². The van der Waals surface area contributed by atoms with Crippen LogP contribution in [0, 0.1) is 0 Å². The lowest BCUT2D eigenvalue weighted by Crippen LogP contribution is -3.22. The van der Waals surface area contributed by atoms with Crippen LogP contribution in [-0.4, -0.2) is 44.2 Å². The summed E-state index contributed by atoms with van der Waals surface area (Å²) in [5.74, 6) is 0.0640. The molecule has 1 aromatic carbocycles. The van der Waals surface area contributed by atoms with E-state index >= 15 is 0 Å². The summed E-state index contributed by atoms with van der Waals surface area (Å²) < 4.78 is 10.4. The number of hydrogen-bond acceptors (Lipinski definition) is 4. The van der Waals surface area contributed by atoms with Crippen LogP contribution < -0.4 is 15.0 Å². The molecule has 0 radical (unpaired) electrons. The first-order valence-corrected chi connectivity index (χ1v) is 8.62. The molecular weight excluding hydrogens is 332 g/mol. The van der Waals surface area contributed by atoms with Crippen LogP contribution in [0.2, 0.25) is 5.02 Å². The van der Waals surface area contributed by atoms with Gasteiger partial charge in [0, 0.05) is 12.1 Å². The number of ether oxygens (including phenoxy) is 2. The van der Waals surface area contributed by atoms with Crippen molar-refractivity contribution in [1.29, 1.82) is 0 Å². The zero-order chi connectivity index (χ0) is 17.1. The highest BCUT2D eigenvalue weighted by molar-refractivity contribution is 6.32. The third-order valence-corrected chi connectivity index (χ3v) is 5.07. The van der Waals surface area contributed by atoms with Crippen molar-refractivity contribution in [2.24, 2.45) is 0 Å². The topological polar surface area (TPSA) is 69.1 Å². The van der Waals surface area contributed by atoms with Gasteiger partial charge in [0.2, 0.25) is 5.91 Å². The third-order valence-electron chi connectivity index (χ3n) is 4.78. The molecule has 1 aromatic rings. The molecule has 6 nitrogen and oxygen atoms in total. The Hall–Kier alpha value is -1.79. The van der Waals surface area contributed by atoms with E-state index in [1.807, 2.05) is 0 Å². The number of cyclic esters (lactones) is 1. The quantitative estimate of drug-likeness (QED) is 0.794. The molecule has 0 bridgehead atoms. The van der Waals surface area contributed by atoms with Crippen molar-refractivity contribution in [3.8, 4) is 5.75 Å². The molecule has 2 saturated heterocycles. The van der Waals surface area contributed by atoms with Gasteiger partial charge in [-0.25, -0.2) is 4.79 Å². The number of hydrogen-bond donors (Lipinski definition) is 2. The fraction of sp³-hybridized carbons (Fsp3) is 0.529. The average molecular weight is 354 g/mol. The first-order valence-electron chi connectivity index (χ1n) is 8.24. The first kappa shape index (κ1) is 17.0. The maximum absolute atomic E-state index is 12.4. The number of nitrogens with one attached hydrogen (secondary N) is 2. The summed E-state index contributed by atoms with van der Waals surface area (Å²) in [6.45, 7) is 1.40. The Morgan fingerprint density at radius 3 is 3.04 bits per heavy atom. The number of halogens is 1. The van der Waals surface area contributed by atoms with E-state index in [0.717, 1.165) is 25.8 Å². The van der Waals surface area contributed by atoms with Crippen LogP contribution in [0.1, 0.15) is 25.7 Å². The van der Waals surface area contributed by atoms with Gasteiger partial charge in [0.25, 0.3) is 0 Å². The van der Waals surface area contributed by atoms with Crippen molar-refractivity contribution in [3.05, 3.63) is 23.2 Å². The summed E-state index contributed by atoms with van der Waals surface area (Å²) in [6, 6.07) is 4.95. The SMILES string of the molecule is COc1ccc(NC(=O)C[C@@H]2C(=O)OC[C@@H]3CCCC[NH+]32)cc1Cl. The van der Waals surface area contributed by atoms with Crippen molar-refractivity contribution >= 4 is 29.2 Å². The summed E-state index contributed by atoms with van der Waals surface area (Å²) >= 11 is 6.06. The van der Waals surface area contributed by atoms with E-state index in [9.17, 15) is 9.59 Å². The van der Waals surface area contributed by atoms with Gasteiger partial charge in [0.1, 0.15) is 18.4 Å². The molecule has 3 rings (SSSR count). The van der Waals surface area contributed by atoms with Gasteiger partial charge in [-0.1, -0.05) is 11.6 Å². The molecule has 2 N–H and O–H groups in total. The van der Waals surface area contributed by atoms with Gasteiger partial charge >= 0.3 is 5.97 Å². The van der Waals surface area contributed by atoms with E-state index in [1.165, 1.54) is 12.0 Å². The third kappa shape index (κ3) is 3.65. The molecule has 0 saturated carbocycles. The second-order valence-electron chi connectivity index (χ2n) is 6.30. The maximum atomic E-state index is 12.4. The van der Waals surface area contributed by atoms with Crippen LogP contribution in [0.15, 0.2) is 18.2 Å². The lowest BCUT2D eigenvalue weighted by atomic mass is 9.97. The van der Waals surface area contributed by atoms with Gasteiger partial charge < -0.3 is 19.7 Å². The van der Waals surface area contributed by atoms with Gasteiger partial charge in [0.15, 0.2) is 6.04 Å². The van der Waals surface area contributed by atoms with E-state index in [2.05, 4.69) is 5.32 Å². The number of rotatable bonds is 4. The minimum absolute atomic E-state index is 0.119. The van der Waals surface area contributed by atoms with E-state index in [1.54, 1.807) is 18.2 Å². The number of carbonyl (C=O) groups is 2. The second-order valence-corrected chi connectivity index (χ2v) is 6.71. The first-order chi connectivity index (χ1) is 11.6. The molecule has 2 aliphatic heterocycles. The van der Waals surface area contributed by atoms with Crippen LogP contribution in [0.3, 0.4) is 0 Å². The molecule has 0 aliphatic carbocycles. The molecule has 1 amide bonds. The van der Waals surface area contributed by atoms with Crippen LogP contribution in [0.4, 0.5) is 5.69 Å². The van der Waals surface area contributed by atoms with Crippen molar-refractivity contribution < 1.29 is 24.0 Å². The number of quaternary nitrogens is 1. The van der Waals surface area contributed by atoms with Crippen LogP contribution in [-0.2, 0) is 14.3 Å². The van der Waals surface area contributed by atoms with Gasteiger partial charge in [-0.05, 0) is 31.0 Å². The number of fused-ring (bicyclic) bond motifs is 1. The standard InChI is InChI=1S/C17H21ClN2O4/c1-23-15-6-5-11(8-13(15)18)19-16(21)9-14-17(22)24-10-12-4-2-3-7-20(12)14/h5-6,8,12,14H,2-4,7,9-10H2,1H3,(H,19,21)/p+1/t12-,14+/m0/s1. The Bertz CT molecular complexity index is 637. The van der Waals surface area contributed by atoms with Crippen LogP contribution >= 0.6 is 11.6 Å². The molecule has 2 heterocycles. The number of anilines is 1. The number of amides is 1. The fourth-order valence-electron chi connectivity index (χ4n) is 3.55. The Kier molecular flexibility index (Phi) is 5.26. The normalized spacial score (nSPS) is 26.2. The molecule has 2 fully saturated rings. The summed E-state index contributed by atoms with van der Waals surface area (Å²) in [7, 11) is 1.53. The number of morpholine rings is 1. The van der Waals surface area contributed by atoms with Gasteiger partial charge in [-0.3, -0.25) is 4.79 Å². The Balaban J connectivity index is 1.64. The Morgan fingerprint density at radius 2 is 2.29 bits per heavy atom. The number of carbonyl (C=O) groups excluding carboxylic acids is 2. The number of benzene rings is 1. The summed E-state index contributed by atoms with van der Waals surface area (Å²) in [5, 5.41) is 3.22. The van der Waals surface area contributed by atoms with Gasteiger partial charge in [-0.15, -0.1) is 0 Å². The fourth-order valence-corrected chi connectivity index (χ4v) is 3.81. The van der Waals surface area contributed by atoms with Crippen LogP contribution in [0.5, 0.6) is 5.75 Å². The van der Waals surface area contributed by atoms with Gasteiger partial charge in [0.05, 0.1) is 25.1 Å². The monoisotopic (exact) mass is 353 g/mol. The lowest BCUT2D eigenvalue weighted by Gasteiger charge is -2.40. The molecule has 1 unspecified atom stereocenters. The minimum Gasteiger partial charge on any atom is -0.495 e. The molecule has 130 valence electrons. The number of piperidine rings is 1. The maximum Gasteiger partial charge on any atom is 0.365 e. The molecule has 24 heavy (non-hydrogen) atoms. The largest absolute Gasteiger partial charge is 0.495 e. The second kappa shape index (κ2) is 7.40. The zero-order valence-electron chi connectivity index (χ0n) is 13.6. The summed E-state index contributed by atoms with van der Waals surface area (Å²) in [6.07, 6.45) is 3.42. The van der Waals surface area contributed by atoms with E-state index in [0.29, 0.717) is 29.1 Å². The van der Waals surface area contributed by atoms with Crippen molar-refractivity contribution in [3.63, 3.8) is 0 Å². The van der Waals surface area contributed by atoms with E-state index < -0.39 is 6.04 Å². The molecule has 3 atom stereocenters. The minimum atomic E-state index is -0.419. The lowest BCUT2D eigenvalue weighted by molar-refractivity contribution is -0.951. The summed E-state index contributed by atoms with van der Waals surface area (Å²) in [4.78, 5) is 25.7. The zero-order valence-corrected chi connectivity index (χ0v) is 14.4. The smallest absolute Gasteiger partial charge is 0.365 e. The highest BCUT2D eigenvalue weighted by Crippen LogP contribution is 2.27. The number of esters is 1. The highest BCUT2D eigenvalue weighted by Gasteiger charge is 2.43. The summed E-state index contributed by atoms with van der Waals surface area (Å²) in [5.41, 5.74) is 0.583. The Labute approximate surface area is 146 Å². The molecular formula is C17H22ClN2O4+. The predicted octanol–water partition coefficient (Wildman–Crippen LogP) is 1.04. The predicted molar refractivity (Wildman–Crippen MR) is 89.5 cm³/mol. The molecule has 0 spiro atoms. The Morgan fingerprint density at radius 1 is 1.46 bits per heavy atom. The highest BCUT2D eigenvalue weighted by atomic mass is 35.5. The van der Waals surface area contributed by atoms with Crippen molar-refractivity contribution in [1.82, 2.24) is 0 Å². The molecule has 0 aromatic heterocycles.